The summed E-state index contributed by atoms with van der Waals surface area (Å²) >= 11 is 0. The van der Waals surface area contributed by atoms with E-state index in [1.165, 1.54) is 25.0 Å². The van der Waals surface area contributed by atoms with Gasteiger partial charge < -0.3 is 56.4 Å². The number of rotatable bonds is 27. The monoisotopic (exact) mass is 943 g/mol. The minimum Gasteiger partial charge on any atom is -0.677 e. The number of hydrogen-bond donors (Lipinski definition) is 4. The summed E-state index contributed by atoms with van der Waals surface area (Å²) < 4.78 is 27.8. The number of carbonyl (C=O) groups is 4. The van der Waals surface area contributed by atoms with Gasteiger partial charge in [-0.3, -0.25) is 4.79 Å². The molecule has 2 amide bonds. The number of aliphatic hydroxyl groups is 1. The molecular formula is C47H83CuN4O11. The molecule has 0 heterocycles. The van der Waals surface area contributed by atoms with Crippen LogP contribution in [0.5, 0.6) is 0 Å². The molecule has 2 aliphatic carbocycles. The van der Waals surface area contributed by atoms with Gasteiger partial charge in [0.05, 0.1) is 42.1 Å². The second-order valence-electron chi connectivity index (χ2n) is 19.5. The van der Waals surface area contributed by atoms with Crippen molar-refractivity contribution in [2.45, 2.75) is 163 Å². The standard InChI is InChI=1S/C34H56N2O9.C13H25N2O.Cu.H2O/c1-8-34(7,45-20-18-43-30(40)36-24-33(6)22-25(35)21-31(2,3)23-33)14-16-41-28(38)26-11-9-10-12-27(26)29(39)42-17-19-44-32(4,5)13-15-37;1-3-5-12(15-10-16)8-11-9-13(11,2)6-4-7-14;;/h9-12,25,37H,8,13-24,35H2,1-7H3,(H,36,40);10-12,14H,3-9H2,1-2H3,(H,15,16);;1H2/q;-1;+1;. The first kappa shape index (κ1) is 60.2. The summed E-state index contributed by atoms with van der Waals surface area (Å²) in [5.41, 5.74) is 13.0. The zero-order chi connectivity index (χ0) is 45.7. The molecule has 16 heteroatoms. The number of benzene rings is 1. The fourth-order valence-corrected chi connectivity index (χ4v) is 8.83. The second-order valence-corrected chi connectivity index (χ2v) is 19.5. The largest absolute Gasteiger partial charge is 1.00 e. The number of hydrogen-bond acceptors (Lipinski definition) is 11. The molecule has 2 aliphatic rings. The summed E-state index contributed by atoms with van der Waals surface area (Å²) in [6, 6.07) is 6.80. The number of amides is 2. The normalized spacial score (nSPS) is 22.5. The van der Waals surface area contributed by atoms with E-state index in [0.29, 0.717) is 43.8 Å². The van der Waals surface area contributed by atoms with Gasteiger partial charge in [0.15, 0.2) is 0 Å². The summed E-state index contributed by atoms with van der Waals surface area (Å²) in [5, 5.41) is 14.9. The summed E-state index contributed by atoms with van der Waals surface area (Å²) in [4.78, 5) is 48.4. The van der Waals surface area contributed by atoms with Crippen LogP contribution in [0.1, 0.15) is 160 Å². The predicted octanol–water partition coefficient (Wildman–Crippen LogP) is 7.35. The fourth-order valence-electron chi connectivity index (χ4n) is 8.83. The molecule has 15 nitrogen and oxygen atoms in total. The van der Waals surface area contributed by atoms with Crippen LogP contribution in [-0.2, 0) is 45.5 Å². The number of alkyl carbamates (subject to hydrolysis) is 1. The molecule has 0 saturated heterocycles. The van der Waals surface area contributed by atoms with Crippen molar-refractivity contribution in [2.75, 3.05) is 52.7 Å². The molecular weight excluding hydrogens is 860 g/mol. The van der Waals surface area contributed by atoms with Crippen LogP contribution in [0.3, 0.4) is 0 Å². The van der Waals surface area contributed by atoms with E-state index in [0.717, 1.165) is 57.3 Å². The molecule has 0 aromatic heterocycles. The Morgan fingerprint density at radius 2 is 1.52 bits per heavy atom. The van der Waals surface area contributed by atoms with Gasteiger partial charge in [0, 0.05) is 31.7 Å². The molecule has 0 spiro atoms. The van der Waals surface area contributed by atoms with Crippen LogP contribution in [0, 0.1) is 22.2 Å². The minimum atomic E-state index is -0.655. The SMILES string of the molecule is CCC(C)(CCOC(=O)c1ccccc1C(=O)OCCOC(C)(C)CCO)OCCOC(=O)NCC1(C)CC(N)CC(C)(C)C1.CCCC(CC1CC1(C)CCC[NH-])NC=O.O.[Cu+]. The number of nitrogens with two attached hydrogens (primary N) is 1. The zero-order valence-corrected chi connectivity index (χ0v) is 40.7. The quantitative estimate of drug-likeness (QED) is 0.0224. The molecule has 0 aliphatic heterocycles. The number of nitrogens with one attached hydrogen (secondary N) is 3. The Labute approximate surface area is 388 Å². The molecule has 3 rings (SSSR count). The minimum absolute atomic E-state index is 0. The van der Waals surface area contributed by atoms with Crippen LogP contribution >= 0.6 is 0 Å². The van der Waals surface area contributed by atoms with Crippen molar-refractivity contribution < 1.29 is 70.5 Å². The number of aliphatic hydroxyl groups excluding tert-OH is 1. The third kappa shape index (κ3) is 22.8. The van der Waals surface area contributed by atoms with E-state index in [2.05, 4.69) is 45.3 Å². The van der Waals surface area contributed by atoms with Crippen molar-refractivity contribution in [2.24, 2.45) is 27.9 Å². The maximum atomic E-state index is 12.9. The van der Waals surface area contributed by atoms with Crippen LogP contribution in [0.25, 0.3) is 5.73 Å². The third-order valence-electron chi connectivity index (χ3n) is 12.4. The molecule has 6 unspecified atom stereocenters. The van der Waals surface area contributed by atoms with E-state index in [1.807, 2.05) is 27.7 Å². The molecule has 6 atom stereocenters. The number of ether oxygens (including phenoxy) is 5. The van der Waals surface area contributed by atoms with Crippen molar-refractivity contribution in [1.29, 1.82) is 0 Å². The molecule has 8 N–H and O–H groups in total. The van der Waals surface area contributed by atoms with Gasteiger partial charge in [0.1, 0.15) is 13.2 Å². The summed E-state index contributed by atoms with van der Waals surface area (Å²) in [6.07, 6.45) is 11.5. The van der Waals surface area contributed by atoms with E-state index in [-0.39, 0.29) is 90.2 Å². The van der Waals surface area contributed by atoms with E-state index in [9.17, 15) is 19.2 Å². The molecule has 368 valence electrons. The topological polar surface area (TPSA) is 240 Å². The van der Waals surface area contributed by atoms with Gasteiger partial charge in [0.25, 0.3) is 0 Å². The van der Waals surface area contributed by atoms with Gasteiger partial charge in [-0.15, -0.1) is 0 Å². The average molecular weight is 944 g/mol. The molecule has 0 bridgehead atoms. The van der Waals surface area contributed by atoms with Gasteiger partial charge in [-0.1, -0.05) is 66.5 Å². The van der Waals surface area contributed by atoms with Gasteiger partial charge in [-0.25, -0.2) is 14.4 Å². The summed E-state index contributed by atoms with van der Waals surface area (Å²) in [7, 11) is 0. The summed E-state index contributed by atoms with van der Waals surface area (Å²) in [5.74, 6) is -0.530. The third-order valence-corrected chi connectivity index (χ3v) is 12.4. The van der Waals surface area contributed by atoms with Gasteiger partial charge in [-0.05, 0) is 113 Å². The first-order valence-corrected chi connectivity index (χ1v) is 22.5. The van der Waals surface area contributed by atoms with E-state index in [1.54, 1.807) is 12.1 Å². The van der Waals surface area contributed by atoms with E-state index < -0.39 is 29.2 Å². The summed E-state index contributed by atoms with van der Waals surface area (Å²) in [6.45, 7) is 20.2. The van der Waals surface area contributed by atoms with Crippen molar-refractivity contribution >= 4 is 24.4 Å². The first-order valence-electron chi connectivity index (χ1n) is 22.5. The Morgan fingerprint density at radius 3 is 2.08 bits per heavy atom. The van der Waals surface area contributed by atoms with Crippen molar-refractivity contribution in [3.05, 3.63) is 41.1 Å². The van der Waals surface area contributed by atoms with E-state index >= 15 is 0 Å². The van der Waals surface area contributed by atoms with Crippen molar-refractivity contribution in [3.63, 3.8) is 0 Å². The maximum absolute atomic E-state index is 12.9. The first-order chi connectivity index (χ1) is 28.7. The van der Waals surface area contributed by atoms with E-state index in [4.69, 9.17) is 40.3 Å². The Morgan fingerprint density at radius 1 is 0.921 bits per heavy atom. The smallest absolute Gasteiger partial charge is 0.677 e. The Kier molecular flexibility index (Phi) is 27.7. The Hall–Kier alpha value is -2.82. The number of carbonyl (C=O) groups excluding carboxylic acids is 4. The number of esters is 2. The average Bonchev–Trinajstić information content (AvgIpc) is 3.83. The molecule has 2 fully saturated rings. The maximum Gasteiger partial charge on any atom is 1.00 e. The van der Waals surface area contributed by atoms with Crippen LogP contribution in [-0.4, -0.2) is 111 Å². The fraction of sp³-hybridized carbons (Fsp3) is 0.787. The van der Waals surface area contributed by atoms with Crippen molar-refractivity contribution in [3.8, 4) is 0 Å². The zero-order valence-electron chi connectivity index (χ0n) is 39.8. The van der Waals surface area contributed by atoms with Crippen LogP contribution in [0.2, 0.25) is 0 Å². The molecule has 1 aromatic rings. The Bertz CT molecular complexity index is 1500. The van der Waals surface area contributed by atoms with Gasteiger partial charge in [-0.2, -0.15) is 6.54 Å². The molecule has 63 heavy (non-hydrogen) atoms. The molecule has 0 radical (unpaired) electrons. The second kappa shape index (κ2) is 29.0. The molecule has 1 aromatic carbocycles. The predicted molar refractivity (Wildman–Crippen MR) is 242 cm³/mol. The molecule has 2 saturated carbocycles. The Balaban J connectivity index is 0.00000180. The van der Waals surface area contributed by atoms with Gasteiger partial charge in [0.2, 0.25) is 6.41 Å². The van der Waals surface area contributed by atoms with Crippen molar-refractivity contribution in [1.82, 2.24) is 10.6 Å². The van der Waals surface area contributed by atoms with Crippen LogP contribution in [0.4, 0.5) is 4.79 Å². The van der Waals surface area contributed by atoms with Crippen LogP contribution in [0.15, 0.2) is 24.3 Å². The van der Waals surface area contributed by atoms with Gasteiger partial charge >= 0.3 is 35.1 Å². The van der Waals surface area contributed by atoms with Crippen LogP contribution < -0.4 is 16.4 Å².